The number of hydrogen-bond acceptors (Lipinski definition) is 4. The number of alkyl halides is 1. The summed E-state index contributed by atoms with van der Waals surface area (Å²) in [5, 5.41) is 3.16. The Labute approximate surface area is 255 Å². The molecular weight excluding hydrogens is 544 g/mol. The molecule has 1 amide bonds. The average Bonchev–Trinajstić information content (AvgIpc) is 3.66. The van der Waals surface area contributed by atoms with Crippen LogP contribution in [0.15, 0.2) is 60.7 Å². The number of benzene rings is 2. The summed E-state index contributed by atoms with van der Waals surface area (Å²) in [5.41, 5.74) is 4.93. The Balaban J connectivity index is 1.68. The number of ether oxygens (including phenoxy) is 1. The highest BCUT2D eigenvalue weighted by atomic mass is 19.1. The summed E-state index contributed by atoms with van der Waals surface area (Å²) in [6.45, 7) is 10.1. The molecule has 1 N–H and O–H groups in total. The highest BCUT2D eigenvalue weighted by Crippen LogP contribution is 2.42. The highest BCUT2D eigenvalue weighted by Gasteiger charge is 2.43. The van der Waals surface area contributed by atoms with Gasteiger partial charge in [0.2, 0.25) is 0 Å². The number of pyridine rings is 1. The normalized spacial score (nSPS) is 21.2. The maximum Gasteiger partial charge on any atom is 0.252 e. The maximum absolute atomic E-state index is 15.1. The summed E-state index contributed by atoms with van der Waals surface area (Å²) in [6.07, 6.45) is 2.25. The van der Waals surface area contributed by atoms with Gasteiger partial charge in [-0.15, -0.1) is 0 Å². The van der Waals surface area contributed by atoms with Gasteiger partial charge in [-0.1, -0.05) is 76.6 Å². The molecule has 4 atom stereocenters. The Hall–Kier alpha value is -3.16. The first-order valence-electron chi connectivity index (χ1n) is 15.7. The van der Waals surface area contributed by atoms with Gasteiger partial charge in [-0.3, -0.25) is 9.78 Å². The second-order valence-electron chi connectivity index (χ2n) is 13.1. The molecule has 2 aliphatic heterocycles. The van der Waals surface area contributed by atoms with Gasteiger partial charge in [0, 0.05) is 37.7 Å². The molecule has 0 radical (unpaired) electrons. The SMILES string of the molecule is CCCc1ccc(F)cc1-c1ccc(Cc2ccccc2)c([C@H](N(C[C@@H]2CNC[C@@H]2F)C(=O)C2CCCO2)C(C)(C)C)n1. The molecule has 7 heteroatoms. The van der Waals surface area contributed by atoms with E-state index in [4.69, 9.17) is 9.72 Å². The largest absolute Gasteiger partial charge is 0.368 e. The molecule has 5 rings (SSSR count). The number of aromatic nitrogens is 1. The third-order valence-electron chi connectivity index (χ3n) is 8.68. The molecule has 3 heterocycles. The Kier molecular flexibility index (Phi) is 9.92. The van der Waals surface area contributed by atoms with Crippen LogP contribution in [-0.2, 0) is 22.4 Å². The predicted molar refractivity (Wildman–Crippen MR) is 167 cm³/mol. The van der Waals surface area contributed by atoms with E-state index in [0.717, 1.165) is 47.2 Å². The summed E-state index contributed by atoms with van der Waals surface area (Å²) >= 11 is 0. The van der Waals surface area contributed by atoms with Crippen LogP contribution in [0.2, 0.25) is 0 Å². The van der Waals surface area contributed by atoms with Crippen LogP contribution < -0.4 is 5.32 Å². The Morgan fingerprint density at radius 2 is 1.86 bits per heavy atom. The van der Waals surface area contributed by atoms with E-state index in [9.17, 15) is 9.18 Å². The number of carbonyl (C=O) groups is 1. The number of nitrogens with one attached hydrogen (secondary N) is 1. The van der Waals surface area contributed by atoms with Crippen LogP contribution in [0, 0.1) is 17.2 Å². The Morgan fingerprint density at radius 1 is 1.09 bits per heavy atom. The lowest BCUT2D eigenvalue weighted by Crippen LogP contribution is -2.49. The monoisotopic (exact) mass is 589 g/mol. The molecule has 2 fully saturated rings. The van der Waals surface area contributed by atoms with Gasteiger partial charge in [0.25, 0.3) is 5.91 Å². The van der Waals surface area contributed by atoms with Crippen molar-refractivity contribution in [2.24, 2.45) is 11.3 Å². The van der Waals surface area contributed by atoms with Crippen molar-refractivity contribution in [3.8, 4) is 11.3 Å². The molecule has 5 nitrogen and oxygen atoms in total. The third-order valence-corrected chi connectivity index (χ3v) is 8.68. The zero-order valence-corrected chi connectivity index (χ0v) is 25.9. The van der Waals surface area contributed by atoms with Crippen molar-refractivity contribution >= 4 is 5.91 Å². The molecule has 230 valence electrons. The van der Waals surface area contributed by atoms with Gasteiger partial charge in [0.05, 0.1) is 17.4 Å². The molecule has 0 saturated carbocycles. The summed E-state index contributed by atoms with van der Waals surface area (Å²) in [7, 11) is 0. The first kappa shape index (κ1) is 31.3. The topological polar surface area (TPSA) is 54.5 Å². The van der Waals surface area contributed by atoms with E-state index in [-0.39, 0.29) is 24.2 Å². The van der Waals surface area contributed by atoms with Crippen molar-refractivity contribution < 1.29 is 18.3 Å². The number of carbonyl (C=O) groups excluding carboxylic acids is 1. The minimum atomic E-state index is -1.03. The van der Waals surface area contributed by atoms with Crippen LogP contribution in [0.4, 0.5) is 8.78 Å². The molecular formula is C36H45F2N3O2. The molecule has 3 aromatic rings. The fraction of sp³-hybridized carbons (Fsp3) is 0.500. The fourth-order valence-corrected chi connectivity index (χ4v) is 6.57. The standard InChI is InChI=1S/C36H45F2N3O2/c1-5-10-25-14-16-28(37)20-29(25)31-17-15-26(19-24-11-7-6-8-12-24)33(40-31)34(36(2,3)4)41(23-27-21-39-22-30(27)38)35(42)32-13-9-18-43-32/h6-8,11-12,14-17,20,27,30,32,34,39H,5,9-10,13,18-19,21-23H2,1-4H3/t27-,30-,32?,34-/m0/s1. The van der Waals surface area contributed by atoms with Crippen LogP contribution in [0.3, 0.4) is 0 Å². The van der Waals surface area contributed by atoms with Gasteiger partial charge in [0.1, 0.15) is 18.1 Å². The maximum atomic E-state index is 15.1. The number of amides is 1. The van der Waals surface area contributed by atoms with Crippen molar-refractivity contribution in [2.75, 3.05) is 26.2 Å². The zero-order valence-electron chi connectivity index (χ0n) is 25.9. The van der Waals surface area contributed by atoms with E-state index in [1.165, 1.54) is 6.07 Å². The van der Waals surface area contributed by atoms with Gasteiger partial charge in [0.15, 0.2) is 0 Å². The minimum absolute atomic E-state index is 0.105. The van der Waals surface area contributed by atoms with Crippen molar-refractivity contribution in [2.45, 2.75) is 78.1 Å². The van der Waals surface area contributed by atoms with E-state index in [2.05, 4.69) is 51.2 Å². The van der Waals surface area contributed by atoms with E-state index >= 15 is 4.39 Å². The molecule has 2 aromatic carbocycles. The first-order valence-corrected chi connectivity index (χ1v) is 15.7. The molecule has 0 bridgehead atoms. The number of nitrogens with zero attached hydrogens (tertiary/aromatic N) is 2. The summed E-state index contributed by atoms with van der Waals surface area (Å²) < 4.78 is 35.6. The fourth-order valence-electron chi connectivity index (χ4n) is 6.57. The van der Waals surface area contributed by atoms with Crippen LogP contribution >= 0.6 is 0 Å². The average molecular weight is 590 g/mol. The first-order chi connectivity index (χ1) is 20.7. The van der Waals surface area contributed by atoms with E-state index < -0.39 is 23.7 Å². The third kappa shape index (κ3) is 7.32. The second kappa shape index (κ2) is 13.6. The number of hydrogen-bond donors (Lipinski definition) is 1. The Bertz CT molecular complexity index is 1380. The summed E-state index contributed by atoms with van der Waals surface area (Å²) in [6, 6.07) is 18.7. The van der Waals surface area contributed by atoms with Gasteiger partial charge in [-0.25, -0.2) is 8.78 Å². The molecule has 0 spiro atoms. The lowest BCUT2D eigenvalue weighted by Gasteiger charge is -2.43. The highest BCUT2D eigenvalue weighted by molar-refractivity contribution is 5.82. The van der Waals surface area contributed by atoms with Crippen LogP contribution in [-0.4, -0.2) is 54.3 Å². The van der Waals surface area contributed by atoms with Crippen molar-refractivity contribution in [3.63, 3.8) is 0 Å². The lowest BCUT2D eigenvalue weighted by atomic mass is 9.80. The van der Waals surface area contributed by atoms with E-state index in [1.54, 1.807) is 6.07 Å². The van der Waals surface area contributed by atoms with Gasteiger partial charge >= 0.3 is 0 Å². The molecule has 1 unspecified atom stereocenters. The molecule has 2 aliphatic rings. The summed E-state index contributed by atoms with van der Waals surface area (Å²) in [4.78, 5) is 21.5. The van der Waals surface area contributed by atoms with Crippen LogP contribution in [0.1, 0.15) is 75.4 Å². The summed E-state index contributed by atoms with van der Waals surface area (Å²) in [5.74, 6) is -0.737. The second-order valence-corrected chi connectivity index (χ2v) is 13.1. The molecule has 1 aromatic heterocycles. The van der Waals surface area contributed by atoms with Crippen molar-refractivity contribution in [1.82, 2.24) is 15.2 Å². The zero-order chi connectivity index (χ0) is 30.6. The van der Waals surface area contributed by atoms with Gasteiger partial charge in [-0.05, 0) is 66.0 Å². The number of aryl methyl sites for hydroxylation is 1. The quantitative estimate of drug-likeness (QED) is 0.275. The van der Waals surface area contributed by atoms with Crippen LogP contribution in [0.25, 0.3) is 11.3 Å². The Morgan fingerprint density at radius 3 is 2.51 bits per heavy atom. The predicted octanol–water partition coefficient (Wildman–Crippen LogP) is 7.08. The lowest BCUT2D eigenvalue weighted by molar-refractivity contribution is -0.147. The minimum Gasteiger partial charge on any atom is -0.368 e. The smallest absolute Gasteiger partial charge is 0.252 e. The van der Waals surface area contributed by atoms with Gasteiger partial charge in [-0.2, -0.15) is 0 Å². The van der Waals surface area contributed by atoms with E-state index in [1.807, 2.05) is 35.2 Å². The van der Waals surface area contributed by atoms with Crippen LogP contribution in [0.5, 0.6) is 0 Å². The molecule has 2 saturated heterocycles. The van der Waals surface area contributed by atoms with Crippen molar-refractivity contribution in [1.29, 1.82) is 0 Å². The molecule has 0 aliphatic carbocycles. The number of halogens is 2. The van der Waals surface area contributed by atoms with Gasteiger partial charge < -0.3 is 15.0 Å². The number of rotatable bonds is 10. The van der Waals surface area contributed by atoms with E-state index in [0.29, 0.717) is 38.2 Å². The molecule has 43 heavy (non-hydrogen) atoms. The van der Waals surface area contributed by atoms with Crippen molar-refractivity contribution in [3.05, 3.63) is 88.9 Å².